The number of nitrogens with zero attached hydrogens (tertiary/aromatic N) is 1. The van der Waals surface area contributed by atoms with E-state index in [0.717, 1.165) is 39.5 Å². The second-order valence-corrected chi connectivity index (χ2v) is 5.30. The van der Waals surface area contributed by atoms with Gasteiger partial charge in [-0.15, -0.1) is 0 Å². The van der Waals surface area contributed by atoms with Gasteiger partial charge in [0.25, 0.3) is 0 Å². The Morgan fingerprint density at radius 3 is 2.74 bits per heavy atom. The second kappa shape index (κ2) is 5.75. The number of aryl methyl sites for hydroxylation is 2. The van der Waals surface area contributed by atoms with Crippen LogP contribution in [-0.4, -0.2) is 24.1 Å². The zero-order valence-electron chi connectivity index (χ0n) is 11.6. The van der Waals surface area contributed by atoms with Gasteiger partial charge in [-0.3, -0.25) is 0 Å². The smallest absolute Gasteiger partial charge is 0.175 e. The molecule has 0 amide bonds. The highest BCUT2D eigenvalue weighted by Gasteiger charge is 2.16. The summed E-state index contributed by atoms with van der Waals surface area (Å²) in [4.78, 5) is 7.75. The number of aromatic amines is 1. The number of aromatic nitrogens is 2. The molecule has 0 aliphatic rings. The first-order chi connectivity index (χ1) is 9.06. The fraction of sp³-hybridized carbons (Fsp3) is 0.357. The molecule has 1 aromatic heterocycles. The predicted molar refractivity (Wildman–Crippen MR) is 80.5 cm³/mol. The van der Waals surface area contributed by atoms with Crippen LogP contribution < -0.4 is 10.1 Å². The molecule has 0 spiro atoms. The maximum absolute atomic E-state index is 5.54. The number of hydrogen-bond donors (Lipinski definition) is 2. The van der Waals surface area contributed by atoms with Crippen molar-refractivity contribution in [3.63, 3.8) is 0 Å². The van der Waals surface area contributed by atoms with Gasteiger partial charge in [-0.2, -0.15) is 0 Å². The largest absolute Gasteiger partial charge is 0.496 e. The van der Waals surface area contributed by atoms with E-state index in [9.17, 15) is 0 Å². The van der Waals surface area contributed by atoms with Crippen LogP contribution >= 0.6 is 15.9 Å². The number of methoxy groups -OCH3 is 1. The summed E-state index contributed by atoms with van der Waals surface area (Å²) in [6, 6.07) is 4.22. The Morgan fingerprint density at radius 1 is 1.37 bits per heavy atom. The van der Waals surface area contributed by atoms with Crippen molar-refractivity contribution >= 4 is 15.9 Å². The van der Waals surface area contributed by atoms with Gasteiger partial charge in [-0.25, -0.2) is 4.98 Å². The number of nitrogens with one attached hydrogen (secondary N) is 2. The topological polar surface area (TPSA) is 49.9 Å². The Bertz CT molecular complexity index is 593. The lowest BCUT2D eigenvalue weighted by Gasteiger charge is -2.12. The van der Waals surface area contributed by atoms with Crippen LogP contribution in [0, 0.1) is 13.8 Å². The maximum Gasteiger partial charge on any atom is 0.175 e. The molecule has 0 aliphatic heterocycles. The van der Waals surface area contributed by atoms with Crippen molar-refractivity contribution in [3.05, 3.63) is 33.7 Å². The molecule has 0 aliphatic carbocycles. The fourth-order valence-corrected chi connectivity index (χ4v) is 2.72. The highest BCUT2D eigenvalue weighted by Crippen LogP contribution is 2.35. The molecule has 2 N–H and O–H groups in total. The molecule has 0 saturated carbocycles. The van der Waals surface area contributed by atoms with E-state index in [4.69, 9.17) is 4.74 Å². The van der Waals surface area contributed by atoms with E-state index in [2.05, 4.69) is 57.2 Å². The molecule has 0 unspecified atom stereocenters. The van der Waals surface area contributed by atoms with Gasteiger partial charge in [0.15, 0.2) is 4.73 Å². The molecule has 0 fully saturated rings. The summed E-state index contributed by atoms with van der Waals surface area (Å²) in [5.41, 5.74) is 5.30. The van der Waals surface area contributed by atoms with Crippen molar-refractivity contribution in [3.8, 4) is 17.0 Å². The van der Waals surface area contributed by atoms with Gasteiger partial charge in [0.2, 0.25) is 0 Å². The van der Waals surface area contributed by atoms with Gasteiger partial charge in [-0.1, -0.05) is 6.07 Å². The predicted octanol–water partition coefficient (Wildman–Crippen LogP) is 3.18. The lowest BCUT2D eigenvalue weighted by atomic mass is 10.0. The van der Waals surface area contributed by atoms with E-state index in [-0.39, 0.29) is 0 Å². The molecule has 1 aromatic carbocycles. The van der Waals surface area contributed by atoms with E-state index >= 15 is 0 Å². The van der Waals surface area contributed by atoms with Crippen LogP contribution in [0.3, 0.4) is 0 Å². The highest BCUT2D eigenvalue weighted by atomic mass is 79.9. The highest BCUT2D eigenvalue weighted by molar-refractivity contribution is 9.10. The Hall–Kier alpha value is -1.33. The summed E-state index contributed by atoms with van der Waals surface area (Å²) >= 11 is 3.40. The molecule has 2 aromatic rings. The fourth-order valence-electron chi connectivity index (χ4n) is 2.31. The van der Waals surface area contributed by atoms with E-state index < -0.39 is 0 Å². The molecule has 19 heavy (non-hydrogen) atoms. The average Bonchev–Trinajstić information content (AvgIpc) is 2.70. The van der Waals surface area contributed by atoms with Crippen molar-refractivity contribution in [1.82, 2.24) is 15.3 Å². The van der Waals surface area contributed by atoms with E-state index in [1.807, 2.05) is 7.05 Å². The summed E-state index contributed by atoms with van der Waals surface area (Å²) in [5, 5.41) is 3.14. The van der Waals surface area contributed by atoms with Crippen LogP contribution in [0.1, 0.15) is 16.8 Å². The standard InChI is InChI=1S/C14H18BrN3O/c1-8-5-9(2)13(19-4)10(6-8)12-11(7-16-3)17-14(15)18-12/h5-6,16H,7H2,1-4H3,(H,17,18). The average molecular weight is 324 g/mol. The monoisotopic (exact) mass is 323 g/mol. The van der Waals surface area contributed by atoms with Crippen LogP contribution in [0.2, 0.25) is 0 Å². The first-order valence-corrected chi connectivity index (χ1v) is 6.90. The van der Waals surface area contributed by atoms with Crippen LogP contribution in [0.4, 0.5) is 0 Å². The van der Waals surface area contributed by atoms with Crippen molar-refractivity contribution in [2.75, 3.05) is 14.2 Å². The molecule has 5 heteroatoms. The Kier molecular flexibility index (Phi) is 4.27. The van der Waals surface area contributed by atoms with Crippen LogP contribution in [0.25, 0.3) is 11.3 Å². The van der Waals surface area contributed by atoms with Crippen LogP contribution in [-0.2, 0) is 6.54 Å². The molecular formula is C14H18BrN3O. The number of ether oxygens (including phenoxy) is 1. The Balaban J connectivity index is 2.63. The minimum absolute atomic E-state index is 0.726. The van der Waals surface area contributed by atoms with Gasteiger partial charge in [0.1, 0.15) is 5.75 Å². The molecule has 0 bridgehead atoms. The van der Waals surface area contributed by atoms with Crippen molar-refractivity contribution < 1.29 is 4.74 Å². The van der Waals surface area contributed by atoms with E-state index in [0.29, 0.717) is 0 Å². The third-order valence-corrected chi connectivity index (χ3v) is 3.36. The maximum atomic E-state index is 5.54. The van der Waals surface area contributed by atoms with Crippen LogP contribution in [0.5, 0.6) is 5.75 Å². The number of halogens is 1. The molecule has 0 saturated heterocycles. The first-order valence-electron chi connectivity index (χ1n) is 6.11. The van der Waals surface area contributed by atoms with Crippen molar-refractivity contribution in [2.45, 2.75) is 20.4 Å². The van der Waals surface area contributed by atoms with E-state index in [1.54, 1.807) is 7.11 Å². The summed E-state index contributed by atoms with van der Waals surface area (Å²) < 4.78 is 6.27. The molecular weight excluding hydrogens is 306 g/mol. The molecule has 0 atom stereocenters. The number of imidazole rings is 1. The van der Waals surface area contributed by atoms with Gasteiger partial charge in [0.05, 0.1) is 18.5 Å². The molecule has 0 radical (unpaired) electrons. The molecule has 102 valence electrons. The van der Waals surface area contributed by atoms with Crippen LogP contribution in [0.15, 0.2) is 16.9 Å². The Morgan fingerprint density at radius 2 is 2.11 bits per heavy atom. The second-order valence-electron chi connectivity index (χ2n) is 4.55. The zero-order valence-corrected chi connectivity index (χ0v) is 13.2. The minimum Gasteiger partial charge on any atom is -0.496 e. The zero-order chi connectivity index (χ0) is 14.0. The SMILES string of the molecule is CNCc1[nH]c(Br)nc1-c1cc(C)cc(C)c1OC. The molecule has 4 nitrogen and oxygen atoms in total. The van der Waals surface area contributed by atoms with E-state index in [1.165, 1.54) is 5.56 Å². The normalized spacial score (nSPS) is 10.8. The third-order valence-electron chi connectivity index (χ3n) is 2.98. The first kappa shape index (κ1) is 14.1. The van der Waals surface area contributed by atoms with Crippen molar-refractivity contribution in [2.24, 2.45) is 0 Å². The molecule has 1 heterocycles. The Labute approximate surface area is 121 Å². The van der Waals surface area contributed by atoms with Gasteiger partial charge in [0, 0.05) is 12.1 Å². The lowest BCUT2D eigenvalue weighted by Crippen LogP contribution is -2.07. The molecule has 2 rings (SSSR count). The minimum atomic E-state index is 0.726. The number of hydrogen-bond acceptors (Lipinski definition) is 3. The third kappa shape index (κ3) is 2.82. The summed E-state index contributed by atoms with van der Waals surface area (Å²) in [7, 11) is 3.61. The number of rotatable bonds is 4. The van der Waals surface area contributed by atoms with Crippen molar-refractivity contribution in [1.29, 1.82) is 0 Å². The number of benzene rings is 1. The van der Waals surface area contributed by atoms with Gasteiger partial charge < -0.3 is 15.0 Å². The number of H-pyrrole nitrogens is 1. The van der Waals surface area contributed by atoms with Gasteiger partial charge >= 0.3 is 0 Å². The lowest BCUT2D eigenvalue weighted by molar-refractivity contribution is 0.413. The summed E-state index contributed by atoms with van der Waals surface area (Å²) in [6.07, 6.45) is 0. The quantitative estimate of drug-likeness (QED) is 0.908. The summed E-state index contributed by atoms with van der Waals surface area (Å²) in [5.74, 6) is 0.877. The summed E-state index contributed by atoms with van der Waals surface area (Å²) in [6.45, 7) is 4.86. The van der Waals surface area contributed by atoms with Gasteiger partial charge in [-0.05, 0) is 54.0 Å².